The molecule has 1 N–H and O–H groups in total. The standard InChI is InChI=1S/C22H28N2O6S/c1-6-24(7-2)31(27,28)20-14-17(13-12-15(20)3)22(26)30-16(4)21(25)23-18-10-8-9-11-19(18)29-5/h8-14,16H,6-7H2,1-5H3,(H,23,25)/t16-/m1/s1. The average molecular weight is 449 g/mol. The normalized spacial score (nSPS) is 12.3. The molecule has 8 nitrogen and oxygen atoms in total. The molecular formula is C22H28N2O6S. The first-order chi connectivity index (χ1) is 14.6. The molecule has 0 aliphatic heterocycles. The van der Waals surface area contributed by atoms with E-state index in [0.29, 0.717) is 30.1 Å². The van der Waals surface area contributed by atoms with Gasteiger partial charge in [0.2, 0.25) is 10.0 Å². The molecule has 0 spiro atoms. The molecule has 0 aliphatic carbocycles. The number of carbonyl (C=O) groups excluding carboxylic acids is 2. The van der Waals surface area contributed by atoms with Crippen molar-refractivity contribution in [2.45, 2.75) is 38.7 Å². The van der Waals surface area contributed by atoms with Crippen LogP contribution < -0.4 is 10.1 Å². The summed E-state index contributed by atoms with van der Waals surface area (Å²) in [6.45, 7) is 7.21. The molecular weight excluding hydrogens is 420 g/mol. The maximum Gasteiger partial charge on any atom is 0.338 e. The van der Waals surface area contributed by atoms with Gasteiger partial charge in [-0.2, -0.15) is 4.31 Å². The molecule has 1 atom stereocenters. The zero-order valence-electron chi connectivity index (χ0n) is 18.3. The van der Waals surface area contributed by atoms with E-state index in [1.54, 1.807) is 51.1 Å². The third kappa shape index (κ3) is 5.62. The zero-order valence-corrected chi connectivity index (χ0v) is 19.2. The highest BCUT2D eigenvalue weighted by molar-refractivity contribution is 7.89. The number of sulfonamides is 1. The van der Waals surface area contributed by atoms with Crippen LogP contribution in [-0.4, -0.2) is 50.9 Å². The molecule has 168 valence electrons. The molecule has 0 fully saturated rings. The van der Waals surface area contributed by atoms with Crippen LogP contribution in [0.15, 0.2) is 47.4 Å². The number of carbonyl (C=O) groups is 2. The van der Waals surface area contributed by atoms with Gasteiger partial charge in [-0.15, -0.1) is 0 Å². The number of esters is 1. The van der Waals surface area contributed by atoms with Crippen LogP contribution in [0.3, 0.4) is 0 Å². The molecule has 0 radical (unpaired) electrons. The summed E-state index contributed by atoms with van der Waals surface area (Å²) in [6, 6.07) is 11.2. The van der Waals surface area contributed by atoms with E-state index in [0.717, 1.165) is 0 Å². The summed E-state index contributed by atoms with van der Waals surface area (Å²) in [6.07, 6.45) is -1.11. The number of anilines is 1. The molecule has 2 aromatic carbocycles. The Balaban J connectivity index is 2.19. The molecule has 0 bridgehead atoms. The number of hydrogen-bond acceptors (Lipinski definition) is 6. The first-order valence-electron chi connectivity index (χ1n) is 9.91. The zero-order chi connectivity index (χ0) is 23.2. The van der Waals surface area contributed by atoms with Crippen LogP contribution in [0.2, 0.25) is 0 Å². The minimum Gasteiger partial charge on any atom is -0.495 e. The Morgan fingerprint density at radius 2 is 1.74 bits per heavy atom. The SMILES string of the molecule is CCN(CC)S(=O)(=O)c1cc(C(=O)O[C@H](C)C(=O)Nc2ccccc2OC)ccc1C. The fourth-order valence-electron chi connectivity index (χ4n) is 2.97. The quantitative estimate of drug-likeness (QED) is 0.591. The van der Waals surface area contributed by atoms with Crippen LogP contribution in [0.4, 0.5) is 5.69 Å². The van der Waals surface area contributed by atoms with Crippen molar-refractivity contribution in [1.82, 2.24) is 4.31 Å². The maximum absolute atomic E-state index is 12.9. The van der Waals surface area contributed by atoms with Crippen LogP contribution in [-0.2, 0) is 19.6 Å². The Kier molecular flexibility index (Phi) is 8.18. The average Bonchev–Trinajstić information content (AvgIpc) is 2.74. The highest BCUT2D eigenvalue weighted by atomic mass is 32.2. The number of benzene rings is 2. The molecule has 0 heterocycles. The Hall–Kier alpha value is -2.91. The van der Waals surface area contributed by atoms with E-state index in [-0.39, 0.29) is 10.5 Å². The van der Waals surface area contributed by atoms with Crippen LogP contribution >= 0.6 is 0 Å². The third-order valence-corrected chi connectivity index (χ3v) is 6.96. The fraction of sp³-hybridized carbons (Fsp3) is 0.364. The van der Waals surface area contributed by atoms with Crippen molar-refractivity contribution in [2.24, 2.45) is 0 Å². The predicted octanol–water partition coefficient (Wildman–Crippen LogP) is 3.22. The molecule has 2 rings (SSSR count). The summed E-state index contributed by atoms with van der Waals surface area (Å²) in [5.74, 6) is -0.862. The van der Waals surface area contributed by atoms with E-state index in [9.17, 15) is 18.0 Å². The molecule has 31 heavy (non-hydrogen) atoms. The second-order valence-corrected chi connectivity index (χ2v) is 8.71. The van der Waals surface area contributed by atoms with Gasteiger partial charge in [-0.3, -0.25) is 4.79 Å². The van der Waals surface area contributed by atoms with Crippen molar-refractivity contribution in [2.75, 3.05) is 25.5 Å². The molecule has 1 amide bonds. The van der Waals surface area contributed by atoms with E-state index in [1.807, 2.05) is 0 Å². The van der Waals surface area contributed by atoms with Crippen molar-refractivity contribution in [3.8, 4) is 5.75 Å². The van der Waals surface area contributed by atoms with Gasteiger partial charge >= 0.3 is 5.97 Å². The minimum absolute atomic E-state index is 0.0387. The molecule has 2 aromatic rings. The predicted molar refractivity (Wildman–Crippen MR) is 118 cm³/mol. The van der Waals surface area contributed by atoms with Gasteiger partial charge in [0, 0.05) is 13.1 Å². The molecule has 0 aromatic heterocycles. The van der Waals surface area contributed by atoms with Crippen LogP contribution in [0, 0.1) is 6.92 Å². The molecule has 0 unspecified atom stereocenters. The summed E-state index contributed by atoms with van der Waals surface area (Å²) in [5, 5.41) is 2.65. The summed E-state index contributed by atoms with van der Waals surface area (Å²) >= 11 is 0. The van der Waals surface area contributed by atoms with Crippen molar-refractivity contribution in [3.05, 3.63) is 53.6 Å². The number of amides is 1. The molecule has 0 saturated heterocycles. The lowest BCUT2D eigenvalue weighted by Gasteiger charge is -2.20. The van der Waals surface area contributed by atoms with E-state index >= 15 is 0 Å². The van der Waals surface area contributed by atoms with Crippen LogP contribution in [0.1, 0.15) is 36.7 Å². The first-order valence-corrected chi connectivity index (χ1v) is 11.3. The van der Waals surface area contributed by atoms with E-state index < -0.39 is 28.0 Å². The lowest BCUT2D eigenvalue weighted by Crippen LogP contribution is -2.32. The van der Waals surface area contributed by atoms with Gasteiger partial charge in [0.05, 0.1) is 23.3 Å². The molecule has 0 saturated carbocycles. The van der Waals surface area contributed by atoms with Crippen LogP contribution in [0.5, 0.6) is 5.75 Å². The van der Waals surface area contributed by atoms with Gasteiger partial charge in [-0.05, 0) is 43.7 Å². The highest BCUT2D eigenvalue weighted by Crippen LogP contribution is 2.24. The van der Waals surface area contributed by atoms with Crippen molar-refractivity contribution < 1.29 is 27.5 Å². The summed E-state index contributed by atoms with van der Waals surface area (Å²) in [4.78, 5) is 25.1. The number of nitrogens with zero attached hydrogens (tertiary/aromatic N) is 1. The second-order valence-electron chi connectivity index (χ2n) is 6.81. The number of aryl methyl sites for hydroxylation is 1. The second kappa shape index (κ2) is 10.4. The fourth-order valence-corrected chi connectivity index (χ4v) is 4.68. The molecule has 0 aliphatic rings. The largest absolute Gasteiger partial charge is 0.495 e. The Bertz CT molecular complexity index is 1050. The van der Waals surface area contributed by atoms with Gasteiger partial charge in [-0.1, -0.05) is 32.0 Å². The number of hydrogen-bond donors (Lipinski definition) is 1. The summed E-state index contributed by atoms with van der Waals surface area (Å²) in [5.41, 5.74) is 1.01. The number of ether oxygens (including phenoxy) is 2. The molecule has 9 heteroatoms. The number of methoxy groups -OCH3 is 1. The minimum atomic E-state index is -3.75. The van der Waals surface area contributed by atoms with Crippen molar-refractivity contribution in [1.29, 1.82) is 0 Å². The number of nitrogens with one attached hydrogen (secondary N) is 1. The lowest BCUT2D eigenvalue weighted by atomic mass is 10.1. The Labute approximate surface area is 183 Å². The van der Waals surface area contributed by atoms with Gasteiger partial charge in [0.15, 0.2) is 6.10 Å². The Morgan fingerprint density at radius 3 is 2.35 bits per heavy atom. The topological polar surface area (TPSA) is 102 Å². The van der Waals surface area contributed by atoms with Gasteiger partial charge in [0.1, 0.15) is 5.75 Å². The van der Waals surface area contributed by atoms with Gasteiger partial charge in [-0.25, -0.2) is 13.2 Å². The number of rotatable bonds is 9. The monoisotopic (exact) mass is 448 g/mol. The van der Waals surface area contributed by atoms with Crippen molar-refractivity contribution >= 4 is 27.6 Å². The smallest absolute Gasteiger partial charge is 0.338 e. The van der Waals surface area contributed by atoms with Crippen LogP contribution in [0.25, 0.3) is 0 Å². The summed E-state index contributed by atoms with van der Waals surface area (Å²) in [7, 11) is -2.27. The maximum atomic E-state index is 12.9. The van der Waals surface area contributed by atoms with E-state index in [4.69, 9.17) is 9.47 Å². The summed E-state index contributed by atoms with van der Waals surface area (Å²) < 4.78 is 37.5. The third-order valence-electron chi connectivity index (χ3n) is 4.76. The highest BCUT2D eigenvalue weighted by Gasteiger charge is 2.26. The van der Waals surface area contributed by atoms with Gasteiger partial charge < -0.3 is 14.8 Å². The lowest BCUT2D eigenvalue weighted by molar-refractivity contribution is -0.123. The van der Waals surface area contributed by atoms with E-state index in [1.165, 1.54) is 30.5 Å². The van der Waals surface area contributed by atoms with Gasteiger partial charge in [0.25, 0.3) is 5.91 Å². The van der Waals surface area contributed by atoms with Crippen molar-refractivity contribution in [3.63, 3.8) is 0 Å². The first kappa shape index (κ1) is 24.4. The van der Waals surface area contributed by atoms with E-state index in [2.05, 4.69) is 5.32 Å². The number of para-hydroxylation sites is 2. The Morgan fingerprint density at radius 1 is 1.10 bits per heavy atom.